The molecule has 0 aliphatic carbocycles. The van der Waals surface area contributed by atoms with Crippen molar-refractivity contribution in [1.29, 1.82) is 0 Å². The Kier molecular flexibility index (Phi) is 6.93. The van der Waals surface area contributed by atoms with Crippen molar-refractivity contribution < 1.29 is 0 Å². The molecule has 0 saturated carbocycles. The van der Waals surface area contributed by atoms with Crippen LogP contribution in [0.4, 0.5) is 0 Å². The smallest absolute Gasteiger partial charge is 0.191 e. The monoisotopic (exact) mass is 262 g/mol. The molecule has 0 bridgehead atoms. The number of nitrogens with zero attached hydrogens (tertiary/aromatic N) is 2. The minimum absolute atomic E-state index is 0.700. The van der Waals surface area contributed by atoms with Gasteiger partial charge in [0.15, 0.2) is 5.96 Å². The van der Waals surface area contributed by atoms with Crippen molar-refractivity contribution in [2.45, 2.75) is 40.2 Å². The lowest BCUT2D eigenvalue weighted by atomic mass is 10.1. The number of hydrogen-bond acceptors (Lipinski definition) is 2. The molecule has 1 rings (SSSR count). The summed E-state index contributed by atoms with van der Waals surface area (Å²) < 4.78 is 0. The summed E-state index contributed by atoms with van der Waals surface area (Å²) in [4.78, 5) is 8.66. The van der Waals surface area contributed by atoms with Crippen LogP contribution >= 0.6 is 0 Å². The zero-order valence-corrected chi connectivity index (χ0v) is 12.5. The molecular formula is C15H26N4. The molecule has 0 amide bonds. The second kappa shape index (κ2) is 8.51. The summed E-state index contributed by atoms with van der Waals surface area (Å²) in [5, 5.41) is 6.60. The van der Waals surface area contributed by atoms with E-state index in [1.165, 1.54) is 12.8 Å². The maximum absolute atomic E-state index is 4.45. The van der Waals surface area contributed by atoms with Crippen LogP contribution in [0.15, 0.2) is 23.2 Å². The van der Waals surface area contributed by atoms with Gasteiger partial charge in [-0.25, -0.2) is 0 Å². The SMILES string of the molecule is CN=C(NCCCC(C)C)NCc1cccc(C)n1. The molecule has 0 fully saturated rings. The molecule has 19 heavy (non-hydrogen) atoms. The van der Waals surface area contributed by atoms with Gasteiger partial charge in [-0.1, -0.05) is 19.9 Å². The number of nitrogens with one attached hydrogen (secondary N) is 2. The summed E-state index contributed by atoms with van der Waals surface area (Å²) in [6.45, 7) is 8.15. The van der Waals surface area contributed by atoms with E-state index in [1.807, 2.05) is 25.1 Å². The molecule has 1 heterocycles. The van der Waals surface area contributed by atoms with E-state index in [4.69, 9.17) is 0 Å². The van der Waals surface area contributed by atoms with E-state index >= 15 is 0 Å². The largest absolute Gasteiger partial charge is 0.356 e. The van der Waals surface area contributed by atoms with Gasteiger partial charge in [-0.15, -0.1) is 0 Å². The van der Waals surface area contributed by atoms with E-state index in [2.05, 4.69) is 34.5 Å². The summed E-state index contributed by atoms with van der Waals surface area (Å²) in [7, 11) is 1.79. The van der Waals surface area contributed by atoms with Gasteiger partial charge in [0.1, 0.15) is 0 Å². The highest BCUT2D eigenvalue weighted by molar-refractivity contribution is 5.79. The second-order valence-electron chi connectivity index (χ2n) is 5.16. The molecule has 4 heteroatoms. The van der Waals surface area contributed by atoms with Gasteiger partial charge in [0.05, 0.1) is 12.2 Å². The Balaban J connectivity index is 2.29. The number of pyridine rings is 1. The third-order valence-electron chi connectivity index (χ3n) is 2.86. The maximum Gasteiger partial charge on any atom is 0.191 e. The van der Waals surface area contributed by atoms with Gasteiger partial charge in [0, 0.05) is 19.3 Å². The molecule has 0 atom stereocenters. The van der Waals surface area contributed by atoms with E-state index in [9.17, 15) is 0 Å². The third kappa shape index (κ3) is 6.79. The summed E-state index contributed by atoms with van der Waals surface area (Å²) in [5.74, 6) is 1.60. The minimum Gasteiger partial charge on any atom is -0.356 e. The molecule has 106 valence electrons. The van der Waals surface area contributed by atoms with Crippen LogP contribution in [0.1, 0.15) is 38.1 Å². The minimum atomic E-state index is 0.700. The predicted molar refractivity (Wildman–Crippen MR) is 81.2 cm³/mol. The van der Waals surface area contributed by atoms with Gasteiger partial charge in [0.25, 0.3) is 0 Å². The van der Waals surface area contributed by atoms with Crippen molar-refractivity contribution in [1.82, 2.24) is 15.6 Å². The Bertz CT molecular complexity index is 399. The van der Waals surface area contributed by atoms with Crippen molar-refractivity contribution in [3.05, 3.63) is 29.6 Å². The van der Waals surface area contributed by atoms with E-state index < -0.39 is 0 Å². The van der Waals surface area contributed by atoms with Gasteiger partial charge in [-0.2, -0.15) is 0 Å². The van der Waals surface area contributed by atoms with E-state index in [-0.39, 0.29) is 0 Å². The Morgan fingerprint density at radius 2 is 2.11 bits per heavy atom. The van der Waals surface area contributed by atoms with Gasteiger partial charge in [-0.3, -0.25) is 9.98 Å². The Hall–Kier alpha value is -1.58. The topological polar surface area (TPSA) is 49.3 Å². The molecular weight excluding hydrogens is 236 g/mol. The Morgan fingerprint density at radius 3 is 2.74 bits per heavy atom. The first kappa shape index (κ1) is 15.5. The number of aryl methyl sites for hydroxylation is 1. The zero-order chi connectivity index (χ0) is 14.1. The lowest BCUT2D eigenvalue weighted by Crippen LogP contribution is -2.37. The Labute approximate surface area is 116 Å². The average molecular weight is 262 g/mol. The van der Waals surface area contributed by atoms with Crippen LogP contribution in [0, 0.1) is 12.8 Å². The number of hydrogen-bond donors (Lipinski definition) is 2. The number of aliphatic imine (C=N–C) groups is 1. The number of guanidine groups is 1. The highest BCUT2D eigenvalue weighted by atomic mass is 15.2. The molecule has 1 aromatic heterocycles. The average Bonchev–Trinajstić information content (AvgIpc) is 2.37. The lowest BCUT2D eigenvalue weighted by molar-refractivity contribution is 0.549. The molecule has 0 aliphatic rings. The fraction of sp³-hybridized carbons (Fsp3) is 0.600. The normalized spacial score (nSPS) is 11.7. The van der Waals surface area contributed by atoms with Crippen molar-refractivity contribution >= 4 is 5.96 Å². The van der Waals surface area contributed by atoms with Gasteiger partial charge in [-0.05, 0) is 37.8 Å². The van der Waals surface area contributed by atoms with Crippen LogP contribution in [-0.4, -0.2) is 24.5 Å². The summed E-state index contributed by atoms with van der Waals surface area (Å²) in [6, 6.07) is 6.05. The number of aromatic nitrogens is 1. The van der Waals surface area contributed by atoms with Crippen LogP contribution in [0.3, 0.4) is 0 Å². The second-order valence-corrected chi connectivity index (χ2v) is 5.16. The van der Waals surface area contributed by atoms with Crippen molar-refractivity contribution in [2.24, 2.45) is 10.9 Å². The maximum atomic E-state index is 4.45. The molecule has 0 radical (unpaired) electrons. The first-order valence-corrected chi connectivity index (χ1v) is 6.99. The summed E-state index contributed by atoms with van der Waals surface area (Å²) in [6.07, 6.45) is 2.41. The molecule has 0 aromatic carbocycles. The highest BCUT2D eigenvalue weighted by Crippen LogP contribution is 2.01. The molecule has 0 aliphatic heterocycles. The lowest BCUT2D eigenvalue weighted by Gasteiger charge is -2.12. The molecule has 0 saturated heterocycles. The van der Waals surface area contributed by atoms with Crippen molar-refractivity contribution in [3.63, 3.8) is 0 Å². The van der Waals surface area contributed by atoms with Crippen LogP contribution in [0.5, 0.6) is 0 Å². The van der Waals surface area contributed by atoms with Gasteiger partial charge < -0.3 is 10.6 Å². The fourth-order valence-corrected chi connectivity index (χ4v) is 1.81. The zero-order valence-electron chi connectivity index (χ0n) is 12.5. The van der Waals surface area contributed by atoms with Gasteiger partial charge in [0.2, 0.25) is 0 Å². The van der Waals surface area contributed by atoms with E-state index in [1.54, 1.807) is 7.05 Å². The summed E-state index contributed by atoms with van der Waals surface area (Å²) in [5.41, 5.74) is 2.07. The molecule has 4 nitrogen and oxygen atoms in total. The van der Waals surface area contributed by atoms with E-state index in [0.29, 0.717) is 6.54 Å². The van der Waals surface area contributed by atoms with Crippen LogP contribution in [0.25, 0.3) is 0 Å². The van der Waals surface area contributed by atoms with Crippen molar-refractivity contribution in [3.8, 4) is 0 Å². The molecule has 0 unspecified atom stereocenters. The first-order valence-electron chi connectivity index (χ1n) is 6.99. The highest BCUT2D eigenvalue weighted by Gasteiger charge is 2.00. The fourth-order valence-electron chi connectivity index (χ4n) is 1.81. The molecule has 1 aromatic rings. The Morgan fingerprint density at radius 1 is 1.32 bits per heavy atom. The van der Waals surface area contributed by atoms with Crippen molar-refractivity contribution in [2.75, 3.05) is 13.6 Å². The first-order chi connectivity index (χ1) is 9.11. The van der Waals surface area contributed by atoms with Crippen LogP contribution in [0.2, 0.25) is 0 Å². The summed E-state index contributed by atoms with van der Waals surface area (Å²) >= 11 is 0. The predicted octanol–water partition coefficient (Wildman–Crippen LogP) is 2.49. The van der Waals surface area contributed by atoms with Gasteiger partial charge >= 0.3 is 0 Å². The number of rotatable bonds is 6. The quantitative estimate of drug-likeness (QED) is 0.470. The van der Waals surface area contributed by atoms with E-state index in [0.717, 1.165) is 29.8 Å². The molecule has 0 spiro atoms. The molecule has 2 N–H and O–H groups in total. The van der Waals surface area contributed by atoms with Crippen LogP contribution in [-0.2, 0) is 6.54 Å². The van der Waals surface area contributed by atoms with Crippen LogP contribution < -0.4 is 10.6 Å². The third-order valence-corrected chi connectivity index (χ3v) is 2.86. The standard InChI is InChI=1S/C15H26N4/c1-12(2)7-6-10-17-15(16-4)18-11-14-9-5-8-13(3)19-14/h5,8-9,12H,6-7,10-11H2,1-4H3,(H2,16,17,18).